The molecule has 0 bridgehead atoms. The van der Waals surface area contributed by atoms with Gasteiger partial charge in [0.1, 0.15) is 11.6 Å². The van der Waals surface area contributed by atoms with Gasteiger partial charge in [-0.1, -0.05) is 0 Å². The Balaban J connectivity index is 2.36. The van der Waals surface area contributed by atoms with Crippen LogP contribution in [0.4, 0.5) is 13.6 Å². The predicted molar refractivity (Wildman–Crippen MR) is 70.9 cm³/mol. The van der Waals surface area contributed by atoms with Gasteiger partial charge in [-0.15, -0.1) is 0 Å². The minimum Gasteiger partial charge on any atom is -0.428 e. The third-order valence-corrected chi connectivity index (χ3v) is 2.92. The number of piperidine rings is 1. The molecule has 1 fully saturated rings. The summed E-state index contributed by atoms with van der Waals surface area (Å²) in [6.45, 7) is 5.27. The van der Waals surface area contributed by atoms with Crippen LogP contribution in [0.25, 0.3) is 0 Å². The van der Waals surface area contributed by atoms with Crippen molar-refractivity contribution >= 4 is 12.1 Å². The van der Waals surface area contributed by atoms with Crippen LogP contribution >= 0.6 is 0 Å². The average Bonchev–Trinajstić information content (AvgIpc) is 2.29. The number of hydrogen-bond donors (Lipinski definition) is 1. The maximum absolute atomic E-state index is 13.0. The highest BCUT2D eigenvalue weighted by Crippen LogP contribution is 2.27. The Morgan fingerprint density at radius 3 is 2.29 bits per heavy atom. The quantitative estimate of drug-likeness (QED) is 0.629. The number of halogens is 2. The minimum atomic E-state index is -2.66. The molecule has 6 nitrogen and oxygen atoms in total. The second-order valence-corrected chi connectivity index (χ2v) is 6.15. The van der Waals surface area contributed by atoms with E-state index in [0.29, 0.717) is 0 Å². The molecule has 1 heterocycles. The van der Waals surface area contributed by atoms with Crippen molar-refractivity contribution in [1.82, 2.24) is 4.90 Å². The minimum absolute atomic E-state index is 0.0672. The predicted octanol–water partition coefficient (Wildman–Crippen LogP) is 1.52. The van der Waals surface area contributed by atoms with Crippen LogP contribution in [0.3, 0.4) is 0 Å². The number of likely N-dealkylation sites (tertiary alicyclic amines) is 1. The summed E-state index contributed by atoms with van der Waals surface area (Å²) in [4.78, 5) is 24.6. The Kier molecular flexibility index (Phi) is 5.63. The standard InChI is InChI=1S/C13H22F2N2O4/c1-12(2,3)21-11(19)20-10(18)9(16)8-17-6-4-13(14,15)5-7-17/h9H,4-8,16H2,1-3H3/t9-/m0/s1. The molecule has 0 aromatic rings. The highest BCUT2D eigenvalue weighted by molar-refractivity contribution is 5.85. The molecule has 0 aromatic carbocycles. The summed E-state index contributed by atoms with van der Waals surface area (Å²) in [6.07, 6.45) is -1.64. The van der Waals surface area contributed by atoms with Crippen molar-refractivity contribution in [2.24, 2.45) is 5.73 Å². The molecule has 0 radical (unpaired) electrons. The summed E-state index contributed by atoms with van der Waals surface area (Å²) in [5.41, 5.74) is 4.84. The zero-order valence-corrected chi connectivity index (χ0v) is 12.5. The Labute approximate surface area is 122 Å². The van der Waals surface area contributed by atoms with Gasteiger partial charge in [0, 0.05) is 32.5 Å². The third kappa shape index (κ3) is 6.81. The monoisotopic (exact) mass is 308 g/mol. The summed E-state index contributed by atoms with van der Waals surface area (Å²) in [6, 6.07) is -1.08. The van der Waals surface area contributed by atoms with E-state index in [2.05, 4.69) is 4.74 Å². The number of carbonyl (C=O) groups is 2. The van der Waals surface area contributed by atoms with E-state index in [1.807, 2.05) is 0 Å². The molecule has 8 heteroatoms. The molecule has 1 saturated heterocycles. The number of esters is 1. The van der Waals surface area contributed by atoms with Gasteiger partial charge in [0.15, 0.2) is 0 Å². The van der Waals surface area contributed by atoms with E-state index in [1.54, 1.807) is 25.7 Å². The lowest BCUT2D eigenvalue weighted by Gasteiger charge is -2.32. The summed E-state index contributed by atoms with van der Waals surface area (Å²) in [7, 11) is 0. The van der Waals surface area contributed by atoms with Crippen LogP contribution in [0.2, 0.25) is 0 Å². The molecule has 0 spiro atoms. The SMILES string of the molecule is CC(C)(C)OC(=O)OC(=O)[C@@H](N)CN1CCC(F)(F)CC1. The molecule has 2 N–H and O–H groups in total. The smallest absolute Gasteiger partial charge is 0.428 e. The highest BCUT2D eigenvalue weighted by atomic mass is 19.3. The van der Waals surface area contributed by atoms with Crippen molar-refractivity contribution in [3.63, 3.8) is 0 Å². The highest BCUT2D eigenvalue weighted by Gasteiger charge is 2.35. The second kappa shape index (κ2) is 6.65. The summed E-state index contributed by atoms with van der Waals surface area (Å²) in [5, 5.41) is 0. The molecule has 0 amide bonds. The van der Waals surface area contributed by atoms with Gasteiger partial charge < -0.3 is 20.1 Å². The van der Waals surface area contributed by atoms with Crippen LogP contribution in [-0.4, -0.2) is 54.2 Å². The van der Waals surface area contributed by atoms with Crippen LogP contribution in [0.5, 0.6) is 0 Å². The zero-order valence-electron chi connectivity index (χ0n) is 12.5. The van der Waals surface area contributed by atoms with Crippen LogP contribution in [0, 0.1) is 0 Å². The second-order valence-electron chi connectivity index (χ2n) is 6.15. The first-order valence-corrected chi connectivity index (χ1v) is 6.79. The van der Waals surface area contributed by atoms with Gasteiger partial charge >= 0.3 is 12.1 Å². The Hall–Kier alpha value is -1.28. The maximum Gasteiger partial charge on any atom is 0.516 e. The number of nitrogens with zero attached hydrogens (tertiary/aromatic N) is 1. The Morgan fingerprint density at radius 2 is 1.81 bits per heavy atom. The van der Waals surface area contributed by atoms with Crippen molar-refractivity contribution in [2.75, 3.05) is 19.6 Å². The van der Waals surface area contributed by atoms with Crippen LogP contribution < -0.4 is 5.73 Å². The fourth-order valence-corrected chi connectivity index (χ4v) is 1.84. The van der Waals surface area contributed by atoms with Gasteiger partial charge in [0.25, 0.3) is 5.92 Å². The average molecular weight is 308 g/mol. The molecule has 0 aliphatic carbocycles. The topological polar surface area (TPSA) is 81.9 Å². The largest absolute Gasteiger partial charge is 0.516 e. The molecule has 1 rings (SSSR count). The van der Waals surface area contributed by atoms with Crippen molar-refractivity contribution in [1.29, 1.82) is 0 Å². The number of alkyl halides is 2. The van der Waals surface area contributed by atoms with Crippen molar-refractivity contribution in [2.45, 2.75) is 51.2 Å². The van der Waals surface area contributed by atoms with Gasteiger partial charge in [0.2, 0.25) is 0 Å². The molecular formula is C13H22F2N2O4. The Morgan fingerprint density at radius 1 is 1.29 bits per heavy atom. The van der Waals surface area contributed by atoms with E-state index in [0.717, 1.165) is 0 Å². The summed E-state index contributed by atoms with van der Waals surface area (Å²) >= 11 is 0. The first kappa shape index (κ1) is 17.8. The first-order valence-electron chi connectivity index (χ1n) is 6.79. The molecular weight excluding hydrogens is 286 g/mol. The zero-order chi connectivity index (χ0) is 16.3. The molecule has 1 aliphatic rings. The third-order valence-electron chi connectivity index (χ3n) is 2.92. The first-order chi connectivity index (χ1) is 9.48. The van der Waals surface area contributed by atoms with Gasteiger partial charge in [-0.05, 0) is 20.8 Å². The lowest BCUT2D eigenvalue weighted by atomic mass is 10.1. The van der Waals surface area contributed by atoms with Crippen LogP contribution in [-0.2, 0) is 14.3 Å². The van der Waals surface area contributed by atoms with Crippen LogP contribution in [0.1, 0.15) is 33.6 Å². The lowest BCUT2D eigenvalue weighted by Crippen LogP contribution is -2.48. The normalized spacial score (nSPS) is 20.7. The number of hydrogen-bond acceptors (Lipinski definition) is 6. The Bertz CT molecular complexity index is 386. The van der Waals surface area contributed by atoms with Crippen LogP contribution in [0.15, 0.2) is 0 Å². The van der Waals surface area contributed by atoms with Crippen molar-refractivity contribution in [3.8, 4) is 0 Å². The maximum atomic E-state index is 13.0. The van der Waals surface area contributed by atoms with Gasteiger partial charge in [-0.3, -0.25) is 0 Å². The lowest BCUT2D eigenvalue weighted by molar-refractivity contribution is -0.143. The van der Waals surface area contributed by atoms with E-state index in [9.17, 15) is 18.4 Å². The molecule has 21 heavy (non-hydrogen) atoms. The molecule has 0 unspecified atom stereocenters. The van der Waals surface area contributed by atoms with E-state index in [1.165, 1.54) is 0 Å². The summed E-state index contributed by atoms with van der Waals surface area (Å²) in [5.74, 6) is -3.58. The number of ether oxygens (including phenoxy) is 2. The van der Waals surface area contributed by atoms with Gasteiger partial charge in [0.05, 0.1) is 0 Å². The molecule has 122 valence electrons. The molecule has 0 saturated carbocycles. The summed E-state index contributed by atoms with van der Waals surface area (Å²) < 4.78 is 35.3. The molecule has 1 aliphatic heterocycles. The fraction of sp³-hybridized carbons (Fsp3) is 0.846. The number of rotatable bonds is 3. The number of carbonyl (C=O) groups excluding carboxylic acids is 2. The van der Waals surface area contributed by atoms with Gasteiger partial charge in [-0.25, -0.2) is 18.4 Å². The van der Waals surface area contributed by atoms with Gasteiger partial charge in [-0.2, -0.15) is 0 Å². The van der Waals surface area contributed by atoms with E-state index in [4.69, 9.17) is 10.5 Å². The van der Waals surface area contributed by atoms with Crippen molar-refractivity contribution < 1.29 is 27.8 Å². The molecule has 1 atom stereocenters. The number of nitrogens with two attached hydrogens (primary N) is 1. The molecule has 0 aromatic heterocycles. The van der Waals surface area contributed by atoms with E-state index >= 15 is 0 Å². The fourth-order valence-electron chi connectivity index (χ4n) is 1.84. The van der Waals surface area contributed by atoms with E-state index < -0.39 is 29.7 Å². The van der Waals surface area contributed by atoms with E-state index in [-0.39, 0.29) is 32.5 Å². The van der Waals surface area contributed by atoms with Crippen molar-refractivity contribution in [3.05, 3.63) is 0 Å².